The Kier molecular flexibility index (Phi) is 2.57. The summed E-state index contributed by atoms with van der Waals surface area (Å²) >= 11 is 2.15. The highest BCUT2D eigenvalue weighted by Gasteiger charge is 1.93. The topological polar surface area (TPSA) is 49.6 Å². The summed E-state index contributed by atoms with van der Waals surface area (Å²) in [4.78, 5) is 7.87. The molecule has 0 aromatic carbocycles. The molecule has 0 spiro atoms. The molecule has 0 atom stereocenters. The lowest BCUT2D eigenvalue weighted by molar-refractivity contribution is 1.03. The minimum absolute atomic E-state index is 0.432. The SMILES string of the molecule is N#Cc1ccnc(CI)n1. The van der Waals surface area contributed by atoms with Crippen LogP contribution in [-0.4, -0.2) is 9.97 Å². The van der Waals surface area contributed by atoms with Crippen LogP contribution in [0, 0.1) is 11.3 Å². The van der Waals surface area contributed by atoms with Crippen LogP contribution in [-0.2, 0) is 4.43 Å². The minimum Gasteiger partial charge on any atom is -0.240 e. The molecule has 0 saturated carbocycles. The van der Waals surface area contributed by atoms with E-state index in [4.69, 9.17) is 5.26 Å². The fourth-order valence-electron chi connectivity index (χ4n) is 0.526. The molecule has 1 rings (SSSR count). The summed E-state index contributed by atoms with van der Waals surface area (Å²) in [6, 6.07) is 3.54. The maximum atomic E-state index is 8.41. The van der Waals surface area contributed by atoms with Gasteiger partial charge >= 0.3 is 0 Å². The Morgan fingerprint density at radius 1 is 1.70 bits per heavy atom. The lowest BCUT2D eigenvalue weighted by Crippen LogP contribution is -1.91. The van der Waals surface area contributed by atoms with Crippen molar-refractivity contribution in [3.8, 4) is 6.07 Å². The maximum Gasteiger partial charge on any atom is 0.144 e. The molecule has 0 N–H and O–H groups in total. The first-order chi connectivity index (χ1) is 4.86. The number of aromatic nitrogens is 2. The van der Waals surface area contributed by atoms with Crippen LogP contribution in [0.4, 0.5) is 0 Å². The van der Waals surface area contributed by atoms with Gasteiger partial charge in [-0.3, -0.25) is 0 Å². The molecule has 10 heavy (non-hydrogen) atoms. The van der Waals surface area contributed by atoms with Gasteiger partial charge in [0.1, 0.15) is 17.6 Å². The number of rotatable bonds is 1. The first kappa shape index (κ1) is 7.41. The molecule has 0 bridgehead atoms. The number of nitriles is 1. The summed E-state index contributed by atoms with van der Waals surface area (Å²) in [5.74, 6) is 0.708. The zero-order valence-corrected chi connectivity index (χ0v) is 7.24. The van der Waals surface area contributed by atoms with Crippen molar-refractivity contribution < 1.29 is 0 Å². The molecular formula is C6H4IN3. The smallest absolute Gasteiger partial charge is 0.144 e. The van der Waals surface area contributed by atoms with Crippen LogP contribution in [0.5, 0.6) is 0 Å². The summed E-state index contributed by atoms with van der Waals surface area (Å²) < 4.78 is 0.743. The molecule has 1 heterocycles. The second kappa shape index (κ2) is 3.46. The van der Waals surface area contributed by atoms with Gasteiger partial charge < -0.3 is 0 Å². The van der Waals surface area contributed by atoms with Gasteiger partial charge in [0.25, 0.3) is 0 Å². The molecular weight excluding hydrogens is 241 g/mol. The molecule has 1 aromatic rings. The molecule has 0 saturated heterocycles. The van der Waals surface area contributed by atoms with E-state index >= 15 is 0 Å². The molecule has 1 aromatic heterocycles. The van der Waals surface area contributed by atoms with Crippen molar-refractivity contribution in [1.82, 2.24) is 9.97 Å². The molecule has 0 amide bonds. The van der Waals surface area contributed by atoms with Gasteiger partial charge in [-0.15, -0.1) is 0 Å². The van der Waals surface area contributed by atoms with E-state index in [-0.39, 0.29) is 0 Å². The number of hydrogen-bond acceptors (Lipinski definition) is 3. The largest absolute Gasteiger partial charge is 0.240 e. The molecule has 4 heteroatoms. The van der Waals surface area contributed by atoms with Gasteiger partial charge in [0.15, 0.2) is 0 Å². The zero-order valence-electron chi connectivity index (χ0n) is 5.08. The van der Waals surface area contributed by atoms with E-state index in [1.807, 2.05) is 6.07 Å². The number of nitrogens with zero attached hydrogens (tertiary/aromatic N) is 3. The van der Waals surface area contributed by atoms with E-state index in [0.717, 1.165) is 4.43 Å². The number of halogens is 1. The average Bonchev–Trinajstić information content (AvgIpc) is 2.05. The predicted molar refractivity (Wildman–Crippen MR) is 44.5 cm³/mol. The van der Waals surface area contributed by atoms with Crippen LogP contribution < -0.4 is 0 Å². The molecule has 3 nitrogen and oxygen atoms in total. The summed E-state index contributed by atoms with van der Waals surface area (Å²) in [5.41, 5.74) is 0.432. The molecule has 50 valence electrons. The van der Waals surface area contributed by atoms with Crippen LogP contribution in [0.2, 0.25) is 0 Å². The molecule has 0 radical (unpaired) electrons. The van der Waals surface area contributed by atoms with Gasteiger partial charge in [-0.2, -0.15) is 5.26 Å². The highest BCUT2D eigenvalue weighted by molar-refractivity contribution is 14.1. The average molecular weight is 245 g/mol. The van der Waals surface area contributed by atoms with Crippen molar-refractivity contribution in [2.45, 2.75) is 4.43 Å². The quantitative estimate of drug-likeness (QED) is 0.553. The van der Waals surface area contributed by atoms with E-state index < -0.39 is 0 Å². The van der Waals surface area contributed by atoms with Crippen molar-refractivity contribution >= 4 is 22.6 Å². The summed E-state index contributed by atoms with van der Waals surface area (Å²) in [6.07, 6.45) is 1.60. The Morgan fingerprint density at radius 3 is 3.10 bits per heavy atom. The van der Waals surface area contributed by atoms with Gasteiger partial charge in [0.05, 0.1) is 4.43 Å². The second-order valence-corrected chi connectivity index (χ2v) is 2.37. The van der Waals surface area contributed by atoms with Crippen molar-refractivity contribution in [2.75, 3.05) is 0 Å². The molecule has 0 aliphatic heterocycles. The van der Waals surface area contributed by atoms with Crippen molar-refractivity contribution in [3.63, 3.8) is 0 Å². The summed E-state index contributed by atoms with van der Waals surface area (Å²) in [6.45, 7) is 0. The molecule has 0 aliphatic rings. The summed E-state index contributed by atoms with van der Waals surface area (Å²) in [7, 11) is 0. The lowest BCUT2D eigenvalue weighted by Gasteiger charge is -1.90. The van der Waals surface area contributed by atoms with Crippen molar-refractivity contribution in [3.05, 3.63) is 23.8 Å². The Morgan fingerprint density at radius 2 is 2.50 bits per heavy atom. The summed E-state index contributed by atoms with van der Waals surface area (Å²) in [5, 5.41) is 8.41. The normalized spacial score (nSPS) is 8.80. The molecule has 0 fully saturated rings. The molecule has 0 aliphatic carbocycles. The van der Waals surface area contributed by atoms with Gasteiger partial charge in [-0.1, -0.05) is 22.6 Å². The third-order valence-corrected chi connectivity index (χ3v) is 1.62. The van der Waals surface area contributed by atoms with Crippen molar-refractivity contribution in [1.29, 1.82) is 5.26 Å². The third-order valence-electron chi connectivity index (χ3n) is 0.940. The van der Waals surface area contributed by atoms with E-state index in [0.29, 0.717) is 11.5 Å². The fourth-order valence-corrected chi connectivity index (χ4v) is 0.893. The van der Waals surface area contributed by atoms with E-state index in [9.17, 15) is 0 Å². The zero-order chi connectivity index (χ0) is 7.40. The lowest BCUT2D eigenvalue weighted by atomic mass is 10.4. The van der Waals surface area contributed by atoms with Crippen LogP contribution >= 0.6 is 22.6 Å². The van der Waals surface area contributed by atoms with E-state index in [1.165, 1.54) is 0 Å². The van der Waals surface area contributed by atoms with Crippen LogP contribution in [0.3, 0.4) is 0 Å². The number of alkyl halides is 1. The van der Waals surface area contributed by atoms with Gasteiger partial charge in [-0.05, 0) is 6.07 Å². The number of hydrogen-bond donors (Lipinski definition) is 0. The van der Waals surface area contributed by atoms with Gasteiger partial charge in [-0.25, -0.2) is 9.97 Å². The Bertz CT molecular complexity index is 266. The second-order valence-electron chi connectivity index (χ2n) is 1.60. The predicted octanol–water partition coefficient (Wildman–Crippen LogP) is 1.28. The highest BCUT2D eigenvalue weighted by atomic mass is 127. The first-order valence-corrected chi connectivity index (χ1v) is 4.17. The van der Waals surface area contributed by atoms with Crippen LogP contribution in [0.15, 0.2) is 12.3 Å². The van der Waals surface area contributed by atoms with E-state index in [1.54, 1.807) is 12.3 Å². The highest BCUT2D eigenvalue weighted by Crippen LogP contribution is 1.98. The van der Waals surface area contributed by atoms with Gasteiger partial charge in [0.2, 0.25) is 0 Å². The Labute approximate surface area is 72.3 Å². The Balaban J connectivity index is 3.01. The van der Waals surface area contributed by atoms with Crippen LogP contribution in [0.1, 0.15) is 11.5 Å². The molecule has 0 unspecified atom stereocenters. The van der Waals surface area contributed by atoms with E-state index in [2.05, 4.69) is 32.6 Å². The monoisotopic (exact) mass is 245 g/mol. The fraction of sp³-hybridized carbons (Fsp3) is 0.167. The van der Waals surface area contributed by atoms with Crippen molar-refractivity contribution in [2.24, 2.45) is 0 Å². The van der Waals surface area contributed by atoms with Gasteiger partial charge in [0, 0.05) is 6.20 Å². The Hall–Kier alpha value is -0.700. The maximum absolute atomic E-state index is 8.41. The third kappa shape index (κ3) is 1.64. The minimum atomic E-state index is 0.432. The first-order valence-electron chi connectivity index (χ1n) is 2.65. The standard InChI is InChI=1S/C6H4IN3/c7-3-6-9-2-1-5(4-8)10-6/h1-2H,3H2. The van der Waals surface area contributed by atoms with Crippen LogP contribution in [0.25, 0.3) is 0 Å².